The Labute approximate surface area is 239 Å². The highest BCUT2D eigenvalue weighted by Crippen LogP contribution is 2.18. The van der Waals surface area contributed by atoms with Gasteiger partial charge in [0, 0.05) is 32.2 Å². The molecule has 0 amide bonds. The summed E-state index contributed by atoms with van der Waals surface area (Å²) in [6.07, 6.45) is 2.48. The van der Waals surface area contributed by atoms with Gasteiger partial charge in [-0.05, 0) is 31.2 Å². The van der Waals surface area contributed by atoms with Gasteiger partial charge in [0.25, 0.3) is 0 Å². The van der Waals surface area contributed by atoms with Crippen LogP contribution in [0.1, 0.15) is 6.92 Å². The lowest BCUT2D eigenvalue weighted by atomic mass is 9.13. The number of hydrogen-bond donors (Lipinski definition) is 0. The SMILES string of the molecule is CC[n+]1ccccc1.Clc1cccc([B-](c2cccc(Cl)c2)(c2cccc(Cl)c2)c2cccc(Cl)c2)c1. The van der Waals surface area contributed by atoms with Crippen molar-refractivity contribution >= 4 is 74.4 Å². The zero-order valence-electron chi connectivity index (χ0n) is 20.4. The fourth-order valence-corrected chi connectivity index (χ4v) is 5.70. The maximum absolute atomic E-state index is 6.44. The second-order valence-corrected chi connectivity index (χ2v) is 10.5. The van der Waals surface area contributed by atoms with E-state index in [1.807, 2.05) is 91.0 Å². The minimum atomic E-state index is -1.63. The average Bonchev–Trinajstić information content (AvgIpc) is 2.90. The molecule has 186 valence electrons. The molecule has 0 radical (unpaired) electrons. The van der Waals surface area contributed by atoms with E-state index >= 15 is 0 Å². The normalized spacial score (nSPS) is 10.9. The van der Waals surface area contributed by atoms with Gasteiger partial charge in [-0.25, -0.2) is 4.57 Å². The number of pyridine rings is 1. The fourth-order valence-electron chi connectivity index (χ4n) is 4.90. The largest absolute Gasteiger partial charge is 0.205 e. The number of nitrogens with zero attached hydrogens (tertiary/aromatic N) is 1. The molecule has 4 aromatic carbocycles. The van der Waals surface area contributed by atoms with Gasteiger partial charge in [-0.3, -0.25) is 0 Å². The number of aromatic nitrogens is 1. The Hall–Kier alpha value is -2.75. The highest BCUT2D eigenvalue weighted by Gasteiger charge is 2.32. The number of aryl methyl sites for hydroxylation is 1. The van der Waals surface area contributed by atoms with Crippen LogP contribution in [0.25, 0.3) is 0 Å². The lowest BCUT2D eigenvalue weighted by Gasteiger charge is -2.44. The van der Waals surface area contributed by atoms with E-state index < -0.39 is 6.15 Å². The number of halogens is 4. The molecular weight excluding hydrogens is 539 g/mol. The van der Waals surface area contributed by atoms with Gasteiger partial charge >= 0.3 is 0 Å². The van der Waals surface area contributed by atoms with E-state index in [0.29, 0.717) is 20.1 Å². The third-order valence-electron chi connectivity index (χ3n) is 6.54. The predicted octanol–water partition coefficient (Wildman–Crippen LogP) is 6.67. The Balaban J connectivity index is 0.000000342. The summed E-state index contributed by atoms with van der Waals surface area (Å²) in [7, 11) is 0. The number of benzene rings is 4. The van der Waals surface area contributed by atoms with Crippen molar-refractivity contribution in [1.29, 1.82) is 0 Å². The molecule has 0 fully saturated rings. The van der Waals surface area contributed by atoms with Crippen molar-refractivity contribution in [3.05, 3.63) is 148 Å². The second-order valence-electron chi connectivity index (χ2n) is 8.79. The summed E-state index contributed by atoms with van der Waals surface area (Å²) < 4.78 is 2.12. The van der Waals surface area contributed by atoms with Crippen LogP contribution in [0.15, 0.2) is 128 Å². The zero-order valence-corrected chi connectivity index (χ0v) is 23.4. The highest BCUT2D eigenvalue weighted by molar-refractivity contribution is 7.20. The monoisotopic (exact) mass is 563 g/mol. The Morgan fingerprint density at radius 1 is 0.486 bits per heavy atom. The minimum Gasteiger partial charge on any atom is -0.205 e. The molecule has 1 nitrogen and oxygen atoms in total. The van der Waals surface area contributed by atoms with E-state index in [1.165, 1.54) is 0 Å². The van der Waals surface area contributed by atoms with Crippen LogP contribution in [0.5, 0.6) is 0 Å². The van der Waals surface area contributed by atoms with Crippen LogP contribution in [0.2, 0.25) is 20.1 Å². The van der Waals surface area contributed by atoms with E-state index in [-0.39, 0.29) is 0 Å². The molecule has 1 aromatic heterocycles. The summed E-state index contributed by atoms with van der Waals surface area (Å²) in [5, 5.41) is 2.67. The molecule has 0 aliphatic carbocycles. The number of rotatable bonds is 5. The molecule has 5 rings (SSSR count). The summed E-state index contributed by atoms with van der Waals surface area (Å²) in [6.45, 7) is 3.18. The summed E-state index contributed by atoms with van der Waals surface area (Å²) in [4.78, 5) is 0. The Bertz CT molecular complexity index is 1290. The predicted molar refractivity (Wildman–Crippen MR) is 162 cm³/mol. The van der Waals surface area contributed by atoms with E-state index in [9.17, 15) is 0 Å². The molecule has 0 spiro atoms. The van der Waals surface area contributed by atoms with Crippen LogP contribution in [0, 0.1) is 0 Å². The van der Waals surface area contributed by atoms with Crippen LogP contribution in [-0.2, 0) is 6.54 Å². The van der Waals surface area contributed by atoms with Crippen molar-refractivity contribution in [3.63, 3.8) is 0 Å². The summed E-state index contributed by atoms with van der Waals surface area (Å²) in [6, 6.07) is 37.8. The van der Waals surface area contributed by atoms with Gasteiger partial charge in [-0.2, -0.15) is 21.9 Å². The molecule has 0 N–H and O–H groups in total. The molecule has 0 atom stereocenters. The Kier molecular flexibility index (Phi) is 9.35. The van der Waals surface area contributed by atoms with Gasteiger partial charge in [-0.1, -0.05) is 125 Å². The first-order valence-corrected chi connectivity index (χ1v) is 13.6. The fraction of sp³-hybridized carbons (Fsp3) is 0.0645. The first-order chi connectivity index (χ1) is 17.9. The van der Waals surface area contributed by atoms with Crippen LogP contribution < -0.4 is 26.4 Å². The summed E-state index contributed by atoms with van der Waals surface area (Å²) in [5.41, 5.74) is 4.24. The van der Waals surface area contributed by atoms with Gasteiger partial charge < -0.3 is 0 Å². The second kappa shape index (κ2) is 12.7. The maximum atomic E-state index is 6.44. The molecular formula is C31H26BCl4N. The standard InChI is InChI=1S/C24H16BCl4.C7H10N/c26-21-9-1-5-17(13-21)25(18-6-2-10-22(27)14-18,19-7-3-11-23(28)15-19)20-8-4-12-24(29)16-20;1-2-8-6-4-3-5-7-8/h1-16H;3-7H,2H2,1H3/q-1;+1. The maximum Gasteiger partial charge on any atom is 0.168 e. The minimum absolute atomic E-state index is 0.667. The molecule has 0 saturated carbocycles. The molecule has 1 heterocycles. The van der Waals surface area contributed by atoms with E-state index in [0.717, 1.165) is 28.4 Å². The summed E-state index contributed by atoms with van der Waals surface area (Å²) >= 11 is 25.8. The van der Waals surface area contributed by atoms with E-state index in [4.69, 9.17) is 46.4 Å². The summed E-state index contributed by atoms with van der Waals surface area (Å²) in [5.74, 6) is 0. The van der Waals surface area contributed by atoms with Gasteiger partial charge in [0.2, 0.25) is 0 Å². The van der Waals surface area contributed by atoms with E-state index in [1.54, 1.807) is 0 Å². The highest BCUT2D eigenvalue weighted by atomic mass is 35.5. The lowest BCUT2D eigenvalue weighted by Crippen LogP contribution is -2.74. The molecule has 0 bridgehead atoms. The van der Waals surface area contributed by atoms with Gasteiger partial charge in [0.1, 0.15) is 12.7 Å². The van der Waals surface area contributed by atoms with Crippen molar-refractivity contribution in [2.75, 3.05) is 0 Å². The Morgan fingerprint density at radius 3 is 1.05 bits per heavy atom. The van der Waals surface area contributed by atoms with Crippen LogP contribution in [0.4, 0.5) is 0 Å². The molecule has 5 aromatic rings. The van der Waals surface area contributed by atoms with Crippen LogP contribution >= 0.6 is 46.4 Å². The van der Waals surface area contributed by atoms with Crippen LogP contribution in [0.3, 0.4) is 0 Å². The quantitative estimate of drug-likeness (QED) is 0.166. The number of hydrogen-bond acceptors (Lipinski definition) is 0. The van der Waals surface area contributed by atoms with Gasteiger partial charge in [0.05, 0.1) is 0 Å². The van der Waals surface area contributed by atoms with E-state index in [2.05, 4.69) is 48.1 Å². The molecule has 0 aliphatic heterocycles. The van der Waals surface area contributed by atoms with Crippen molar-refractivity contribution in [1.82, 2.24) is 0 Å². The smallest absolute Gasteiger partial charge is 0.168 e. The first kappa shape index (κ1) is 27.3. The van der Waals surface area contributed by atoms with Crippen molar-refractivity contribution in [3.8, 4) is 0 Å². The van der Waals surface area contributed by atoms with Crippen molar-refractivity contribution < 1.29 is 4.57 Å². The van der Waals surface area contributed by atoms with Gasteiger partial charge in [-0.15, -0.1) is 0 Å². The molecule has 0 aliphatic rings. The lowest BCUT2D eigenvalue weighted by molar-refractivity contribution is -0.693. The third kappa shape index (κ3) is 6.40. The average molecular weight is 565 g/mol. The van der Waals surface area contributed by atoms with Crippen molar-refractivity contribution in [2.24, 2.45) is 0 Å². The third-order valence-corrected chi connectivity index (χ3v) is 7.48. The zero-order chi connectivity index (χ0) is 26.3. The molecule has 0 unspecified atom stereocenters. The van der Waals surface area contributed by atoms with Crippen molar-refractivity contribution in [2.45, 2.75) is 13.5 Å². The van der Waals surface area contributed by atoms with Crippen LogP contribution in [-0.4, -0.2) is 6.15 Å². The topological polar surface area (TPSA) is 3.88 Å². The first-order valence-electron chi connectivity index (χ1n) is 12.1. The Morgan fingerprint density at radius 2 is 0.811 bits per heavy atom. The molecule has 6 heteroatoms. The molecule has 37 heavy (non-hydrogen) atoms. The van der Waals surface area contributed by atoms with Gasteiger partial charge in [0.15, 0.2) is 12.4 Å². The molecule has 0 saturated heterocycles.